The summed E-state index contributed by atoms with van der Waals surface area (Å²) in [5, 5.41) is 8.51. The first kappa shape index (κ1) is 12.8. The molecule has 2 rings (SSSR count). The molecule has 0 N–H and O–H groups in total. The van der Waals surface area contributed by atoms with Crippen molar-refractivity contribution in [1.29, 1.82) is 0 Å². The molecule has 0 spiro atoms. The zero-order chi connectivity index (χ0) is 13.1. The van der Waals surface area contributed by atoms with Gasteiger partial charge in [0.1, 0.15) is 5.75 Å². The van der Waals surface area contributed by atoms with Gasteiger partial charge in [-0.2, -0.15) is 5.10 Å². The summed E-state index contributed by atoms with van der Waals surface area (Å²) in [4.78, 5) is 0. The molecular formula is C14H15ClN2O. The Morgan fingerprint density at radius 3 is 2.61 bits per heavy atom. The summed E-state index contributed by atoms with van der Waals surface area (Å²) in [5.41, 5.74) is 2.79. The van der Waals surface area contributed by atoms with Gasteiger partial charge in [0.15, 0.2) is 5.15 Å². The summed E-state index contributed by atoms with van der Waals surface area (Å²) in [7, 11) is 1.64. The average molecular weight is 263 g/mol. The van der Waals surface area contributed by atoms with Crippen molar-refractivity contribution in [2.24, 2.45) is 0 Å². The molecule has 18 heavy (non-hydrogen) atoms. The largest absolute Gasteiger partial charge is 0.497 e. The van der Waals surface area contributed by atoms with Crippen LogP contribution in [0.4, 0.5) is 0 Å². The third-order valence-electron chi connectivity index (χ3n) is 2.74. The molecule has 0 radical (unpaired) electrons. The van der Waals surface area contributed by atoms with Gasteiger partial charge >= 0.3 is 0 Å². The molecule has 0 aliphatic heterocycles. The Kier molecular flexibility index (Phi) is 3.82. The van der Waals surface area contributed by atoms with Crippen LogP contribution in [0.25, 0.3) is 11.1 Å². The highest BCUT2D eigenvalue weighted by Gasteiger charge is 2.10. The zero-order valence-corrected chi connectivity index (χ0v) is 11.4. The van der Waals surface area contributed by atoms with Crippen molar-refractivity contribution in [3.63, 3.8) is 0 Å². The molecule has 0 aliphatic carbocycles. The monoisotopic (exact) mass is 262 g/mol. The zero-order valence-electron chi connectivity index (χ0n) is 10.6. The highest BCUT2D eigenvalue weighted by atomic mass is 35.5. The maximum atomic E-state index is 6.12. The molecule has 1 aromatic carbocycles. The number of hydrogen-bond donors (Lipinski definition) is 0. The fraction of sp³-hybridized carbons (Fsp3) is 0.286. The summed E-state index contributed by atoms with van der Waals surface area (Å²) >= 11 is 6.12. The van der Waals surface area contributed by atoms with E-state index in [-0.39, 0.29) is 0 Å². The molecule has 0 atom stereocenters. The Balaban J connectivity index is 2.51. The summed E-state index contributed by atoms with van der Waals surface area (Å²) in [6, 6.07) is 9.73. The van der Waals surface area contributed by atoms with E-state index in [9.17, 15) is 0 Å². The van der Waals surface area contributed by atoms with Gasteiger partial charge in [0.25, 0.3) is 0 Å². The van der Waals surface area contributed by atoms with Crippen molar-refractivity contribution in [3.8, 4) is 16.9 Å². The average Bonchev–Trinajstić information content (AvgIpc) is 2.39. The number of hydrogen-bond acceptors (Lipinski definition) is 3. The number of ether oxygens (including phenoxy) is 1. The molecule has 0 bridgehead atoms. The Morgan fingerprint density at radius 2 is 1.94 bits per heavy atom. The fourth-order valence-corrected chi connectivity index (χ4v) is 1.87. The van der Waals surface area contributed by atoms with E-state index in [2.05, 4.69) is 24.0 Å². The lowest BCUT2D eigenvalue weighted by atomic mass is 10.0. The van der Waals surface area contributed by atoms with Crippen LogP contribution in [0.5, 0.6) is 5.75 Å². The molecular weight excluding hydrogens is 248 g/mol. The molecule has 0 unspecified atom stereocenters. The standard InChI is InChI=1S/C14H15ClN2O/c1-9(2)13-8-12(14(15)17-16-13)10-5-4-6-11(7-10)18-3/h4-9H,1-3H3. The van der Waals surface area contributed by atoms with Crippen molar-refractivity contribution < 1.29 is 4.74 Å². The molecule has 0 fully saturated rings. The van der Waals surface area contributed by atoms with E-state index in [1.807, 2.05) is 30.3 Å². The molecule has 3 nitrogen and oxygen atoms in total. The summed E-state index contributed by atoms with van der Waals surface area (Å²) in [6.07, 6.45) is 0. The van der Waals surface area contributed by atoms with Crippen LogP contribution in [-0.2, 0) is 0 Å². The number of methoxy groups -OCH3 is 1. The maximum absolute atomic E-state index is 6.12. The molecule has 2 aromatic rings. The SMILES string of the molecule is COc1cccc(-c2cc(C(C)C)nnc2Cl)c1. The Bertz CT molecular complexity index is 555. The van der Waals surface area contributed by atoms with Gasteiger partial charge in [-0.25, -0.2) is 0 Å². The van der Waals surface area contributed by atoms with E-state index < -0.39 is 0 Å². The van der Waals surface area contributed by atoms with Crippen LogP contribution in [-0.4, -0.2) is 17.3 Å². The molecule has 1 heterocycles. The molecule has 4 heteroatoms. The second kappa shape index (κ2) is 5.36. The third kappa shape index (κ3) is 2.62. The van der Waals surface area contributed by atoms with Crippen molar-refractivity contribution in [2.75, 3.05) is 7.11 Å². The second-order valence-corrected chi connectivity index (χ2v) is 4.72. The lowest BCUT2D eigenvalue weighted by Gasteiger charge is -2.09. The third-order valence-corrected chi connectivity index (χ3v) is 3.02. The minimum absolute atomic E-state index is 0.319. The predicted molar refractivity (Wildman–Crippen MR) is 73.1 cm³/mol. The topological polar surface area (TPSA) is 35.0 Å². The van der Waals surface area contributed by atoms with E-state index >= 15 is 0 Å². The number of aromatic nitrogens is 2. The molecule has 0 saturated carbocycles. The van der Waals surface area contributed by atoms with Gasteiger partial charge in [-0.05, 0) is 29.7 Å². The van der Waals surface area contributed by atoms with Crippen LogP contribution in [0, 0.1) is 0 Å². The first-order chi connectivity index (χ1) is 8.61. The van der Waals surface area contributed by atoms with E-state index in [0.29, 0.717) is 11.1 Å². The van der Waals surface area contributed by atoms with Gasteiger partial charge in [0.05, 0.1) is 12.8 Å². The van der Waals surface area contributed by atoms with Gasteiger partial charge in [-0.3, -0.25) is 0 Å². The van der Waals surface area contributed by atoms with Gasteiger partial charge in [0, 0.05) is 5.56 Å². The lowest BCUT2D eigenvalue weighted by molar-refractivity contribution is 0.415. The molecule has 1 aromatic heterocycles. The van der Waals surface area contributed by atoms with Crippen LogP contribution >= 0.6 is 11.6 Å². The van der Waals surface area contributed by atoms with Crippen LogP contribution in [0.3, 0.4) is 0 Å². The summed E-state index contributed by atoms with van der Waals surface area (Å²) in [6.45, 7) is 4.15. The highest BCUT2D eigenvalue weighted by molar-refractivity contribution is 6.32. The van der Waals surface area contributed by atoms with Crippen molar-refractivity contribution in [3.05, 3.63) is 41.2 Å². The number of halogens is 1. The van der Waals surface area contributed by atoms with E-state index in [1.165, 1.54) is 0 Å². The van der Waals surface area contributed by atoms with Crippen molar-refractivity contribution in [1.82, 2.24) is 10.2 Å². The normalized spacial score (nSPS) is 10.7. The van der Waals surface area contributed by atoms with Crippen molar-refractivity contribution >= 4 is 11.6 Å². The first-order valence-corrected chi connectivity index (χ1v) is 6.17. The fourth-order valence-electron chi connectivity index (χ4n) is 1.67. The number of rotatable bonds is 3. The second-order valence-electron chi connectivity index (χ2n) is 4.36. The summed E-state index contributed by atoms with van der Waals surface area (Å²) < 4.78 is 5.21. The smallest absolute Gasteiger partial charge is 0.159 e. The summed E-state index contributed by atoms with van der Waals surface area (Å²) in [5.74, 6) is 1.12. The minimum Gasteiger partial charge on any atom is -0.497 e. The van der Waals surface area contributed by atoms with Gasteiger partial charge < -0.3 is 4.74 Å². The van der Waals surface area contributed by atoms with Gasteiger partial charge in [-0.1, -0.05) is 37.6 Å². The van der Waals surface area contributed by atoms with E-state index in [1.54, 1.807) is 7.11 Å². The van der Waals surface area contributed by atoms with Crippen LogP contribution in [0.1, 0.15) is 25.5 Å². The first-order valence-electron chi connectivity index (χ1n) is 5.79. The predicted octanol–water partition coefficient (Wildman–Crippen LogP) is 3.93. The van der Waals surface area contributed by atoms with Crippen LogP contribution < -0.4 is 4.74 Å². The van der Waals surface area contributed by atoms with Crippen molar-refractivity contribution in [2.45, 2.75) is 19.8 Å². The minimum atomic E-state index is 0.319. The quantitative estimate of drug-likeness (QED) is 0.841. The van der Waals surface area contributed by atoms with E-state index in [0.717, 1.165) is 22.6 Å². The van der Waals surface area contributed by atoms with Crippen LogP contribution in [0.2, 0.25) is 5.15 Å². The van der Waals surface area contributed by atoms with Crippen LogP contribution in [0.15, 0.2) is 30.3 Å². The highest BCUT2D eigenvalue weighted by Crippen LogP contribution is 2.30. The Morgan fingerprint density at radius 1 is 1.17 bits per heavy atom. The number of benzene rings is 1. The molecule has 94 valence electrons. The van der Waals surface area contributed by atoms with Gasteiger partial charge in [-0.15, -0.1) is 5.10 Å². The Labute approximate surface area is 112 Å². The molecule has 0 amide bonds. The maximum Gasteiger partial charge on any atom is 0.159 e. The Hall–Kier alpha value is -1.61. The molecule has 0 aliphatic rings. The molecule has 0 saturated heterocycles. The lowest BCUT2D eigenvalue weighted by Crippen LogP contribution is -1.97. The van der Waals surface area contributed by atoms with Gasteiger partial charge in [0.2, 0.25) is 0 Å². The number of nitrogens with zero attached hydrogens (tertiary/aromatic N) is 2. The van der Waals surface area contributed by atoms with E-state index in [4.69, 9.17) is 16.3 Å².